The fraction of sp³-hybridized carbons (Fsp3) is 0.400. The van der Waals surface area contributed by atoms with Crippen molar-refractivity contribution in [2.45, 2.75) is 12.3 Å². The number of nitro groups is 1. The van der Waals surface area contributed by atoms with Gasteiger partial charge in [-0.05, 0) is 12.1 Å². The second kappa shape index (κ2) is 4.42. The second-order valence-corrected chi connectivity index (χ2v) is 4.96. The lowest BCUT2D eigenvalue weighted by Gasteiger charge is -2.18. The highest BCUT2D eigenvalue weighted by Gasteiger charge is 2.40. The summed E-state index contributed by atoms with van der Waals surface area (Å²) in [5, 5.41) is 10.8. The van der Waals surface area contributed by atoms with Crippen LogP contribution in [0.25, 0.3) is 0 Å². The summed E-state index contributed by atoms with van der Waals surface area (Å²) in [5.74, 6) is -3.94. The van der Waals surface area contributed by atoms with E-state index in [4.69, 9.17) is 0 Å². The molecule has 1 aliphatic heterocycles. The standard InChI is InChI=1S/C10H8BrF3N2O2/c11-6-3-7(12)9(16(17)18)8(4-6)15-2-1-10(13,14)5-15/h3-4H,1-2,5H2. The minimum absolute atomic E-state index is 0.0380. The number of hydrogen-bond acceptors (Lipinski definition) is 3. The highest BCUT2D eigenvalue weighted by atomic mass is 79.9. The predicted octanol–water partition coefficient (Wildman–Crippen LogP) is 3.34. The SMILES string of the molecule is O=[N+]([O-])c1c(F)cc(Br)cc1N1CCC(F)(F)C1. The van der Waals surface area contributed by atoms with E-state index in [0.717, 1.165) is 11.0 Å². The first kappa shape index (κ1) is 13.1. The van der Waals surface area contributed by atoms with Crippen molar-refractivity contribution in [2.24, 2.45) is 0 Å². The molecular weight excluding hydrogens is 317 g/mol. The molecule has 0 aromatic heterocycles. The molecule has 2 rings (SSSR count). The Hall–Kier alpha value is -1.31. The Morgan fingerprint density at radius 1 is 1.44 bits per heavy atom. The van der Waals surface area contributed by atoms with E-state index in [2.05, 4.69) is 15.9 Å². The maximum Gasteiger partial charge on any atom is 0.327 e. The van der Waals surface area contributed by atoms with Crippen molar-refractivity contribution in [3.8, 4) is 0 Å². The quantitative estimate of drug-likeness (QED) is 0.619. The first-order valence-electron chi connectivity index (χ1n) is 5.06. The van der Waals surface area contributed by atoms with Crippen molar-refractivity contribution in [3.05, 3.63) is 32.5 Å². The van der Waals surface area contributed by atoms with Crippen LogP contribution in [0.15, 0.2) is 16.6 Å². The summed E-state index contributed by atoms with van der Waals surface area (Å²) in [6.07, 6.45) is -0.391. The molecule has 1 fully saturated rings. The van der Waals surface area contributed by atoms with Crippen LogP contribution >= 0.6 is 15.9 Å². The van der Waals surface area contributed by atoms with Gasteiger partial charge >= 0.3 is 5.69 Å². The fourth-order valence-corrected chi connectivity index (χ4v) is 2.33. The number of hydrogen-bond donors (Lipinski definition) is 0. The Morgan fingerprint density at radius 3 is 2.61 bits per heavy atom. The molecule has 0 N–H and O–H groups in total. The molecule has 0 bridgehead atoms. The van der Waals surface area contributed by atoms with Gasteiger partial charge in [0.2, 0.25) is 5.82 Å². The largest absolute Gasteiger partial charge is 0.360 e. The van der Waals surface area contributed by atoms with Crippen LogP contribution in [0, 0.1) is 15.9 Å². The van der Waals surface area contributed by atoms with Crippen molar-refractivity contribution < 1.29 is 18.1 Å². The smallest absolute Gasteiger partial charge is 0.327 e. The highest BCUT2D eigenvalue weighted by molar-refractivity contribution is 9.10. The van der Waals surface area contributed by atoms with Crippen molar-refractivity contribution in [1.29, 1.82) is 0 Å². The van der Waals surface area contributed by atoms with Crippen LogP contribution in [0.4, 0.5) is 24.5 Å². The molecule has 4 nitrogen and oxygen atoms in total. The molecule has 0 radical (unpaired) electrons. The average molecular weight is 325 g/mol. The van der Waals surface area contributed by atoms with E-state index in [1.54, 1.807) is 0 Å². The maximum absolute atomic E-state index is 13.5. The molecule has 0 unspecified atom stereocenters. The summed E-state index contributed by atoms with van der Waals surface area (Å²) in [4.78, 5) is 11.0. The lowest BCUT2D eigenvalue weighted by Crippen LogP contribution is -2.25. The van der Waals surface area contributed by atoms with E-state index in [9.17, 15) is 23.3 Å². The van der Waals surface area contributed by atoms with Crippen LogP contribution in [0.2, 0.25) is 0 Å². The third-order valence-corrected chi connectivity index (χ3v) is 3.16. The van der Waals surface area contributed by atoms with Crippen molar-refractivity contribution in [1.82, 2.24) is 0 Å². The number of rotatable bonds is 2. The molecule has 0 amide bonds. The van der Waals surface area contributed by atoms with Gasteiger partial charge in [-0.1, -0.05) is 15.9 Å². The monoisotopic (exact) mass is 324 g/mol. The van der Waals surface area contributed by atoms with Gasteiger partial charge in [0.1, 0.15) is 5.69 Å². The van der Waals surface area contributed by atoms with Crippen LogP contribution in [-0.2, 0) is 0 Å². The third-order valence-electron chi connectivity index (χ3n) is 2.70. The maximum atomic E-state index is 13.5. The summed E-state index contributed by atoms with van der Waals surface area (Å²) < 4.78 is 40.0. The first-order valence-corrected chi connectivity index (χ1v) is 5.86. The molecule has 0 saturated carbocycles. The Kier molecular flexibility index (Phi) is 3.22. The fourth-order valence-electron chi connectivity index (χ4n) is 1.92. The van der Waals surface area contributed by atoms with E-state index in [1.807, 2.05) is 0 Å². The molecule has 98 valence electrons. The van der Waals surface area contributed by atoms with Gasteiger partial charge in [-0.2, -0.15) is 4.39 Å². The molecule has 1 aliphatic rings. The van der Waals surface area contributed by atoms with Crippen LogP contribution in [0.1, 0.15) is 6.42 Å². The van der Waals surface area contributed by atoms with Gasteiger partial charge in [-0.15, -0.1) is 0 Å². The first-order chi connectivity index (χ1) is 8.30. The molecule has 1 heterocycles. The highest BCUT2D eigenvalue weighted by Crippen LogP contribution is 2.38. The molecule has 18 heavy (non-hydrogen) atoms. The minimum atomic E-state index is -2.90. The van der Waals surface area contributed by atoms with E-state index in [-0.39, 0.29) is 16.7 Å². The van der Waals surface area contributed by atoms with Crippen LogP contribution in [0.3, 0.4) is 0 Å². The lowest BCUT2D eigenvalue weighted by atomic mass is 10.2. The van der Waals surface area contributed by atoms with Gasteiger partial charge in [0.05, 0.1) is 11.5 Å². The number of alkyl halides is 2. The summed E-state index contributed by atoms with van der Waals surface area (Å²) >= 11 is 3.00. The summed E-state index contributed by atoms with van der Waals surface area (Å²) in [5.41, 5.74) is -0.889. The van der Waals surface area contributed by atoms with Crippen molar-refractivity contribution >= 4 is 27.3 Å². The van der Waals surface area contributed by atoms with Gasteiger partial charge in [0.25, 0.3) is 5.92 Å². The van der Waals surface area contributed by atoms with Crippen molar-refractivity contribution in [2.75, 3.05) is 18.0 Å². The van der Waals surface area contributed by atoms with Crippen molar-refractivity contribution in [3.63, 3.8) is 0 Å². The van der Waals surface area contributed by atoms with Gasteiger partial charge in [-0.3, -0.25) is 10.1 Å². The van der Waals surface area contributed by atoms with Gasteiger partial charge in [0.15, 0.2) is 0 Å². The number of benzene rings is 1. The lowest BCUT2D eigenvalue weighted by molar-refractivity contribution is -0.386. The van der Waals surface area contributed by atoms with E-state index < -0.39 is 35.3 Å². The zero-order chi connectivity index (χ0) is 13.5. The summed E-state index contributed by atoms with van der Waals surface area (Å²) in [6, 6.07) is 2.22. The Labute approximate surface area is 109 Å². The number of nitrogens with zero attached hydrogens (tertiary/aromatic N) is 2. The van der Waals surface area contributed by atoms with Crippen LogP contribution in [-0.4, -0.2) is 23.9 Å². The third kappa shape index (κ3) is 2.43. The Balaban J connectivity index is 2.47. The molecule has 0 spiro atoms. The van der Waals surface area contributed by atoms with E-state index >= 15 is 0 Å². The molecule has 1 saturated heterocycles. The second-order valence-electron chi connectivity index (χ2n) is 4.04. The average Bonchev–Trinajstić information content (AvgIpc) is 2.56. The molecule has 8 heteroatoms. The van der Waals surface area contributed by atoms with Gasteiger partial charge in [0, 0.05) is 17.4 Å². The summed E-state index contributed by atoms with van der Waals surface area (Å²) in [6.45, 7) is -0.673. The Morgan fingerprint density at radius 2 is 2.11 bits per heavy atom. The molecule has 1 aromatic rings. The number of anilines is 1. The minimum Gasteiger partial charge on any atom is -0.360 e. The normalized spacial score (nSPS) is 18.1. The molecule has 0 atom stereocenters. The number of nitro benzene ring substituents is 1. The molecule has 0 aliphatic carbocycles. The van der Waals surface area contributed by atoms with E-state index in [0.29, 0.717) is 0 Å². The van der Waals surface area contributed by atoms with Crippen LogP contribution in [0.5, 0.6) is 0 Å². The molecular formula is C10H8BrF3N2O2. The summed E-state index contributed by atoms with van der Waals surface area (Å²) in [7, 11) is 0. The van der Waals surface area contributed by atoms with Gasteiger partial charge in [-0.25, -0.2) is 8.78 Å². The number of halogens is 4. The zero-order valence-corrected chi connectivity index (χ0v) is 10.6. The molecule has 1 aromatic carbocycles. The zero-order valence-electron chi connectivity index (χ0n) is 9.00. The topological polar surface area (TPSA) is 46.4 Å². The van der Waals surface area contributed by atoms with Crippen LogP contribution < -0.4 is 4.90 Å². The van der Waals surface area contributed by atoms with Gasteiger partial charge < -0.3 is 4.90 Å². The van der Waals surface area contributed by atoms with E-state index in [1.165, 1.54) is 6.07 Å². The predicted molar refractivity (Wildman–Crippen MR) is 62.5 cm³/mol. The Bertz CT molecular complexity index is 510.